The fraction of sp³-hybridized carbons (Fsp3) is 0.333. The number of nitrogens with zero attached hydrogens (tertiary/aromatic N) is 6. The molecule has 4 heterocycles. The Morgan fingerprint density at radius 2 is 2.09 bits per heavy atom. The monoisotopic (exact) mass is 472 g/mol. The summed E-state index contributed by atoms with van der Waals surface area (Å²) in [6, 6.07) is 9.44. The largest absolute Gasteiger partial charge is 0.412 e. The number of hydrogen-bond acceptors (Lipinski definition) is 9. The molecule has 0 spiro atoms. The Labute approximate surface area is 200 Å². The van der Waals surface area contributed by atoms with E-state index in [1.807, 2.05) is 32.0 Å². The smallest absolute Gasteiger partial charge is 0.309 e. The topological polar surface area (TPSA) is 154 Å². The van der Waals surface area contributed by atoms with Crippen LogP contribution in [0.25, 0.3) is 28.4 Å². The van der Waals surface area contributed by atoms with Crippen LogP contribution in [0.4, 0.5) is 5.69 Å². The summed E-state index contributed by atoms with van der Waals surface area (Å²) in [6.07, 6.45) is 4.08. The molecule has 35 heavy (non-hydrogen) atoms. The van der Waals surface area contributed by atoms with Gasteiger partial charge < -0.3 is 20.2 Å². The molecule has 0 radical (unpaired) electrons. The van der Waals surface area contributed by atoms with Gasteiger partial charge in [0.15, 0.2) is 0 Å². The van der Waals surface area contributed by atoms with E-state index in [9.17, 15) is 9.90 Å². The van der Waals surface area contributed by atoms with Crippen LogP contribution < -0.4 is 10.6 Å². The molecule has 4 aromatic heterocycles. The third kappa shape index (κ3) is 4.43. The van der Waals surface area contributed by atoms with Gasteiger partial charge in [-0.3, -0.25) is 9.78 Å². The maximum atomic E-state index is 12.5. The molecule has 11 heteroatoms. The minimum absolute atomic E-state index is 0.0986. The molecule has 0 atom stereocenters. The van der Waals surface area contributed by atoms with Crippen molar-refractivity contribution in [2.24, 2.45) is 0 Å². The van der Waals surface area contributed by atoms with Gasteiger partial charge in [-0.1, -0.05) is 0 Å². The van der Waals surface area contributed by atoms with Crippen molar-refractivity contribution in [1.29, 1.82) is 5.26 Å². The van der Waals surface area contributed by atoms with Crippen molar-refractivity contribution in [1.82, 2.24) is 30.1 Å². The molecule has 0 aromatic carbocycles. The Balaban J connectivity index is 1.44. The van der Waals surface area contributed by atoms with Gasteiger partial charge in [0.05, 0.1) is 45.5 Å². The van der Waals surface area contributed by atoms with E-state index in [1.54, 1.807) is 23.7 Å². The lowest BCUT2D eigenvalue weighted by Crippen LogP contribution is -2.53. The summed E-state index contributed by atoms with van der Waals surface area (Å²) >= 11 is 0. The number of anilines is 1. The van der Waals surface area contributed by atoms with Gasteiger partial charge in [0.25, 0.3) is 5.89 Å². The van der Waals surface area contributed by atoms with Crippen molar-refractivity contribution in [2.75, 3.05) is 5.32 Å². The maximum absolute atomic E-state index is 12.5. The van der Waals surface area contributed by atoms with Crippen LogP contribution >= 0.6 is 0 Å². The van der Waals surface area contributed by atoms with Crippen molar-refractivity contribution in [2.45, 2.75) is 51.3 Å². The highest BCUT2D eigenvalue weighted by Gasteiger charge is 2.39. The van der Waals surface area contributed by atoms with Crippen molar-refractivity contribution in [3.63, 3.8) is 0 Å². The summed E-state index contributed by atoms with van der Waals surface area (Å²) < 4.78 is 7.39. The number of pyridine rings is 1. The molecule has 0 unspecified atom stereocenters. The lowest BCUT2D eigenvalue weighted by atomic mass is 9.77. The van der Waals surface area contributed by atoms with Crippen LogP contribution in [0.3, 0.4) is 0 Å². The Bertz CT molecular complexity index is 1460. The minimum atomic E-state index is -0.748. The zero-order valence-electron chi connectivity index (χ0n) is 19.5. The van der Waals surface area contributed by atoms with Gasteiger partial charge in [-0.25, -0.2) is 4.52 Å². The van der Waals surface area contributed by atoms with Gasteiger partial charge in [0, 0.05) is 18.3 Å². The first kappa shape index (κ1) is 22.5. The van der Waals surface area contributed by atoms with E-state index in [1.165, 1.54) is 6.20 Å². The summed E-state index contributed by atoms with van der Waals surface area (Å²) in [7, 11) is 0. The van der Waals surface area contributed by atoms with Gasteiger partial charge in [-0.05, 0) is 57.9 Å². The number of nitrogens with one attached hydrogen (secondary N) is 2. The lowest BCUT2D eigenvalue weighted by molar-refractivity contribution is -0.0369. The fourth-order valence-electron chi connectivity index (χ4n) is 4.23. The van der Waals surface area contributed by atoms with Gasteiger partial charge in [0.2, 0.25) is 0 Å². The van der Waals surface area contributed by atoms with Gasteiger partial charge >= 0.3 is 11.8 Å². The number of carbonyl (C=O) groups is 1. The second kappa shape index (κ2) is 8.48. The number of rotatable bonds is 6. The third-order valence-corrected chi connectivity index (χ3v) is 5.80. The molecule has 1 fully saturated rings. The summed E-state index contributed by atoms with van der Waals surface area (Å²) in [6.45, 7) is 5.74. The van der Waals surface area contributed by atoms with E-state index < -0.39 is 11.5 Å². The van der Waals surface area contributed by atoms with Crippen LogP contribution in [0.2, 0.25) is 0 Å². The van der Waals surface area contributed by atoms with E-state index in [0.717, 1.165) is 11.2 Å². The second-order valence-corrected chi connectivity index (χ2v) is 9.31. The minimum Gasteiger partial charge on any atom is -0.412 e. The van der Waals surface area contributed by atoms with E-state index in [-0.39, 0.29) is 23.9 Å². The molecule has 178 valence electrons. The Kier molecular flexibility index (Phi) is 5.45. The number of aliphatic hydroxyl groups is 1. The Hall–Kier alpha value is -4.30. The average Bonchev–Trinajstić information content (AvgIpc) is 3.44. The molecule has 1 aliphatic rings. The fourth-order valence-corrected chi connectivity index (χ4v) is 4.23. The van der Waals surface area contributed by atoms with Gasteiger partial charge in [-0.15, -0.1) is 10.2 Å². The second-order valence-electron chi connectivity index (χ2n) is 9.31. The number of aromatic nitrogens is 5. The molecule has 1 aliphatic carbocycles. The van der Waals surface area contributed by atoms with Crippen molar-refractivity contribution in [3.8, 4) is 28.9 Å². The van der Waals surface area contributed by atoms with E-state index in [4.69, 9.17) is 9.68 Å². The first-order valence-corrected chi connectivity index (χ1v) is 11.2. The Morgan fingerprint density at radius 1 is 1.29 bits per heavy atom. The number of amides is 1. The van der Waals surface area contributed by atoms with Crippen molar-refractivity contribution < 1.29 is 14.3 Å². The quantitative estimate of drug-likeness (QED) is 0.384. The predicted octanol–water partition coefficient (Wildman–Crippen LogP) is 2.78. The highest BCUT2D eigenvalue weighted by atomic mass is 16.4. The van der Waals surface area contributed by atoms with Crippen LogP contribution in [0.1, 0.15) is 49.9 Å². The molecule has 0 aliphatic heterocycles. The van der Waals surface area contributed by atoms with Gasteiger partial charge in [0.1, 0.15) is 6.07 Å². The van der Waals surface area contributed by atoms with Crippen LogP contribution in [0.15, 0.2) is 41.1 Å². The molecular weight excluding hydrogens is 448 g/mol. The number of carbonyl (C=O) groups excluding carboxylic acids is 1. The number of hydrogen-bond donors (Lipinski definition) is 3. The highest BCUT2D eigenvalue weighted by molar-refractivity contribution is 5.90. The summed E-state index contributed by atoms with van der Waals surface area (Å²) in [5.74, 6) is -0.467. The molecule has 11 nitrogen and oxygen atoms in total. The van der Waals surface area contributed by atoms with Crippen molar-refractivity contribution in [3.05, 3.63) is 48.1 Å². The zero-order valence-corrected chi connectivity index (χ0v) is 19.5. The first-order valence-electron chi connectivity index (χ1n) is 11.2. The molecule has 4 aromatic rings. The Morgan fingerprint density at radius 3 is 2.80 bits per heavy atom. The summed E-state index contributed by atoms with van der Waals surface area (Å²) in [4.78, 5) is 17.1. The zero-order chi connectivity index (χ0) is 24.7. The third-order valence-electron chi connectivity index (χ3n) is 5.80. The highest BCUT2D eigenvalue weighted by Crippen LogP contribution is 2.33. The average molecular weight is 473 g/mol. The van der Waals surface area contributed by atoms with Crippen LogP contribution in [0, 0.1) is 11.3 Å². The van der Waals surface area contributed by atoms with Crippen LogP contribution in [-0.2, 0) is 0 Å². The summed E-state index contributed by atoms with van der Waals surface area (Å²) in [5.41, 5.74) is 3.19. The normalized spacial score (nSPS) is 19.4. The SMILES string of the molecule is CC(C)Nc1cc(-c2ccc3cc(C#N)cnn23)ncc1-c1nnc(C(=O)NC2CC(C)(O)C2)o1. The van der Waals surface area contributed by atoms with Crippen molar-refractivity contribution >= 4 is 17.1 Å². The van der Waals surface area contributed by atoms with Gasteiger partial charge in [-0.2, -0.15) is 10.4 Å². The van der Waals surface area contributed by atoms with E-state index >= 15 is 0 Å². The predicted molar refractivity (Wildman–Crippen MR) is 126 cm³/mol. The summed E-state index contributed by atoms with van der Waals surface area (Å²) in [5, 5.41) is 37.5. The van der Waals surface area contributed by atoms with E-state index in [2.05, 4.69) is 37.0 Å². The molecule has 0 saturated heterocycles. The standard InChI is InChI=1S/C24H24N8O3/c1-13(2)28-18-7-19(20-5-4-16-6-14(10-25)11-27-32(16)20)26-12-17(18)22-30-31-23(35-22)21(33)29-15-8-24(3,34)9-15/h4-7,11-13,15,34H,8-9H2,1-3H3,(H,26,28)(H,29,33). The molecule has 1 saturated carbocycles. The number of nitriles is 1. The molecular formula is C24H24N8O3. The molecule has 3 N–H and O–H groups in total. The number of fused-ring (bicyclic) bond motifs is 1. The maximum Gasteiger partial charge on any atom is 0.309 e. The lowest BCUT2D eigenvalue weighted by Gasteiger charge is -2.40. The van der Waals surface area contributed by atoms with Crippen LogP contribution in [-0.4, -0.2) is 53.5 Å². The molecule has 1 amide bonds. The van der Waals surface area contributed by atoms with E-state index in [0.29, 0.717) is 35.3 Å². The molecule has 0 bridgehead atoms. The molecule has 5 rings (SSSR count). The van der Waals surface area contributed by atoms with Crippen LogP contribution in [0.5, 0.6) is 0 Å². The first-order chi connectivity index (χ1) is 16.7.